The van der Waals surface area contributed by atoms with Crippen LogP contribution >= 0.6 is 11.3 Å². The number of fused-ring (bicyclic) bond motifs is 1. The molecule has 9 heteroatoms. The maximum Gasteiger partial charge on any atom is 1.00 e. The first-order chi connectivity index (χ1) is 9.93. The van der Waals surface area contributed by atoms with Crippen molar-refractivity contribution in [3.8, 4) is 17.2 Å². The summed E-state index contributed by atoms with van der Waals surface area (Å²) >= 11 is 1.44. The molecule has 1 unspecified atom stereocenters. The van der Waals surface area contributed by atoms with Crippen molar-refractivity contribution >= 4 is 21.5 Å². The monoisotopic (exact) mass is 334 g/mol. The SMILES string of the molecule is O=S(=O)([O-])c1ccc(O)cc1CC1COc2cscc2O1.[Li+]. The molecular weight excluding hydrogens is 323 g/mol. The minimum Gasteiger partial charge on any atom is -0.744 e. The summed E-state index contributed by atoms with van der Waals surface area (Å²) in [5.74, 6) is 1.15. The van der Waals surface area contributed by atoms with Gasteiger partial charge < -0.3 is 19.1 Å². The quantitative estimate of drug-likeness (QED) is 0.556. The molecule has 1 N–H and O–H groups in total. The van der Waals surface area contributed by atoms with Crippen molar-refractivity contribution < 1.29 is 46.4 Å². The van der Waals surface area contributed by atoms with Gasteiger partial charge in [0.25, 0.3) is 0 Å². The topological polar surface area (TPSA) is 95.9 Å². The van der Waals surface area contributed by atoms with Gasteiger partial charge in [0.1, 0.15) is 28.6 Å². The van der Waals surface area contributed by atoms with Crippen LogP contribution in [0, 0.1) is 0 Å². The van der Waals surface area contributed by atoms with E-state index in [9.17, 15) is 18.1 Å². The van der Waals surface area contributed by atoms with E-state index in [-0.39, 0.29) is 48.1 Å². The fourth-order valence-electron chi connectivity index (χ4n) is 2.18. The Morgan fingerprint density at radius 2 is 2.05 bits per heavy atom. The maximum atomic E-state index is 11.3. The molecule has 112 valence electrons. The van der Waals surface area contributed by atoms with Gasteiger partial charge >= 0.3 is 18.9 Å². The number of hydrogen-bond acceptors (Lipinski definition) is 7. The van der Waals surface area contributed by atoms with E-state index in [1.54, 1.807) is 5.38 Å². The number of thiophene rings is 1. The van der Waals surface area contributed by atoms with Gasteiger partial charge in [0, 0.05) is 17.2 Å². The van der Waals surface area contributed by atoms with Gasteiger partial charge in [-0.25, -0.2) is 8.42 Å². The van der Waals surface area contributed by atoms with Crippen LogP contribution in [0.2, 0.25) is 0 Å². The van der Waals surface area contributed by atoms with Gasteiger partial charge in [-0.05, 0) is 23.8 Å². The number of rotatable bonds is 3. The summed E-state index contributed by atoms with van der Waals surface area (Å²) in [6, 6.07) is 3.54. The molecule has 1 aromatic carbocycles. The van der Waals surface area contributed by atoms with Gasteiger partial charge in [0.15, 0.2) is 11.5 Å². The molecule has 0 saturated heterocycles. The first kappa shape index (κ1) is 17.2. The Labute approximate surface area is 143 Å². The van der Waals surface area contributed by atoms with E-state index >= 15 is 0 Å². The van der Waals surface area contributed by atoms with Gasteiger partial charge in [-0.3, -0.25) is 0 Å². The Morgan fingerprint density at radius 3 is 2.77 bits per heavy atom. The second-order valence-electron chi connectivity index (χ2n) is 4.60. The summed E-state index contributed by atoms with van der Waals surface area (Å²) < 4.78 is 45.0. The molecule has 1 aliphatic rings. The van der Waals surface area contributed by atoms with Crippen LogP contribution in [0.25, 0.3) is 0 Å². The molecule has 1 aliphatic heterocycles. The van der Waals surface area contributed by atoms with E-state index in [0.29, 0.717) is 11.5 Å². The average molecular weight is 334 g/mol. The van der Waals surface area contributed by atoms with Crippen molar-refractivity contribution in [2.24, 2.45) is 0 Å². The van der Waals surface area contributed by atoms with Crippen molar-refractivity contribution in [2.45, 2.75) is 17.4 Å². The van der Waals surface area contributed by atoms with Crippen LogP contribution in [0.4, 0.5) is 0 Å². The van der Waals surface area contributed by atoms with Crippen LogP contribution in [0.3, 0.4) is 0 Å². The van der Waals surface area contributed by atoms with Crippen LogP contribution < -0.4 is 28.3 Å². The molecule has 1 atom stereocenters. The van der Waals surface area contributed by atoms with Crippen LogP contribution in [-0.2, 0) is 16.5 Å². The Morgan fingerprint density at radius 1 is 1.32 bits per heavy atom. The van der Waals surface area contributed by atoms with Gasteiger partial charge in [-0.1, -0.05) is 0 Å². The molecular formula is C13H11LiO6S2. The van der Waals surface area contributed by atoms with Crippen molar-refractivity contribution in [3.63, 3.8) is 0 Å². The maximum absolute atomic E-state index is 11.3. The first-order valence-electron chi connectivity index (χ1n) is 6.07. The Hall–Kier alpha value is -1.17. The van der Waals surface area contributed by atoms with Crippen LogP contribution in [0.15, 0.2) is 33.9 Å². The van der Waals surface area contributed by atoms with Gasteiger partial charge in [0.2, 0.25) is 0 Å². The van der Waals surface area contributed by atoms with Crippen molar-refractivity contribution in [1.29, 1.82) is 0 Å². The zero-order valence-corrected chi connectivity index (χ0v) is 13.3. The standard InChI is InChI=1S/C13H12O6S2.Li/c14-9-1-2-13(21(15,16)17)8(3-9)4-10-5-18-11-6-20-7-12(11)19-10;/h1-3,6-7,10,14H,4-5H2,(H,15,16,17);/q;+1/p-1. The van der Waals surface area contributed by atoms with E-state index in [2.05, 4.69) is 0 Å². The van der Waals surface area contributed by atoms with Crippen LogP contribution in [-0.4, -0.2) is 30.8 Å². The van der Waals surface area contributed by atoms with E-state index in [0.717, 1.165) is 6.07 Å². The van der Waals surface area contributed by atoms with Crippen molar-refractivity contribution in [3.05, 3.63) is 34.5 Å². The summed E-state index contributed by atoms with van der Waals surface area (Å²) in [6.45, 7) is 0.248. The van der Waals surface area contributed by atoms with E-state index < -0.39 is 16.2 Å². The molecule has 2 aromatic rings. The van der Waals surface area contributed by atoms with Crippen LogP contribution in [0.5, 0.6) is 17.2 Å². The number of phenols is 1. The molecule has 22 heavy (non-hydrogen) atoms. The third kappa shape index (κ3) is 3.59. The molecule has 6 nitrogen and oxygen atoms in total. The van der Waals surface area contributed by atoms with Gasteiger partial charge in [-0.2, -0.15) is 0 Å². The first-order valence-corrected chi connectivity index (χ1v) is 8.42. The molecule has 0 amide bonds. The Kier molecular flexibility index (Phi) is 5.09. The molecule has 0 spiro atoms. The van der Waals surface area contributed by atoms with E-state index in [4.69, 9.17) is 9.47 Å². The number of aromatic hydroxyl groups is 1. The molecule has 0 bridgehead atoms. The van der Waals surface area contributed by atoms with Crippen molar-refractivity contribution in [2.75, 3.05) is 6.61 Å². The summed E-state index contributed by atoms with van der Waals surface area (Å²) in [5, 5.41) is 13.1. The fraction of sp³-hybridized carbons (Fsp3) is 0.231. The minimum absolute atomic E-state index is 0. The predicted molar refractivity (Wildman–Crippen MR) is 74.0 cm³/mol. The second kappa shape index (κ2) is 6.52. The summed E-state index contributed by atoms with van der Waals surface area (Å²) in [5.41, 5.74) is 0.220. The predicted octanol–water partition coefficient (Wildman–Crippen LogP) is -1.26. The molecule has 2 heterocycles. The number of ether oxygens (including phenoxy) is 2. The summed E-state index contributed by atoms with van der Waals surface area (Å²) in [7, 11) is -4.61. The average Bonchev–Trinajstić information content (AvgIpc) is 2.84. The zero-order chi connectivity index (χ0) is 15.0. The third-order valence-corrected chi connectivity index (χ3v) is 4.71. The molecule has 1 aromatic heterocycles. The Balaban J connectivity index is 0.00000176. The molecule has 0 aliphatic carbocycles. The molecule has 3 rings (SSSR count). The Bertz CT molecular complexity index is 771. The van der Waals surface area contributed by atoms with Crippen LogP contribution in [0.1, 0.15) is 5.56 Å². The van der Waals surface area contributed by atoms with Crippen molar-refractivity contribution in [1.82, 2.24) is 0 Å². The number of benzene rings is 1. The second-order valence-corrected chi connectivity index (χ2v) is 6.69. The third-order valence-electron chi connectivity index (χ3n) is 3.07. The normalized spacial score (nSPS) is 16.9. The zero-order valence-electron chi connectivity index (χ0n) is 11.7. The van der Waals surface area contributed by atoms with E-state index in [1.165, 1.54) is 23.5 Å². The van der Waals surface area contributed by atoms with Gasteiger partial charge in [-0.15, -0.1) is 11.3 Å². The van der Waals surface area contributed by atoms with E-state index in [1.807, 2.05) is 5.38 Å². The minimum atomic E-state index is -4.61. The summed E-state index contributed by atoms with van der Waals surface area (Å²) in [6.07, 6.45) is -0.269. The fourth-order valence-corrected chi connectivity index (χ4v) is 3.55. The number of phenolic OH excluding ortho intramolecular Hbond substituents is 1. The van der Waals surface area contributed by atoms with Gasteiger partial charge in [0.05, 0.1) is 4.90 Å². The molecule has 0 fully saturated rings. The molecule has 0 saturated carbocycles. The smallest absolute Gasteiger partial charge is 0.744 e. The molecule has 0 radical (unpaired) electrons. The number of hydrogen-bond donors (Lipinski definition) is 1. The summed E-state index contributed by atoms with van der Waals surface area (Å²) in [4.78, 5) is -0.347. The largest absolute Gasteiger partial charge is 1.00 e.